The van der Waals surface area contributed by atoms with E-state index in [0.29, 0.717) is 29.2 Å². The summed E-state index contributed by atoms with van der Waals surface area (Å²) in [7, 11) is 0. The van der Waals surface area contributed by atoms with Crippen LogP contribution >= 0.6 is 0 Å². The van der Waals surface area contributed by atoms with Gasteiger partial charge >= 0.3 is 0 Å². The van der Waals surface area contributed by atoms with Gasteiger partial charge in [0.25, 0.3) is 5.91 Å². The molecule has 7 heteroatoms. The zero-order valence-corrected chi connectivity index (χ0v) is 11.3. The van der Waals surface area contributed by atoms with E-state index in [-0.39, 0.29) is 25.7 Å². The van der Waals surface area contributed by atoms with Gasteiger partial charge in [0, 0.05) is 6.07 Å². The minimum atomic E-state index is -0.859. The third kappa shape index (κ3) is 2.63. The molecule has 0 bridgehead atoms. The number of aliphatic hydroxyl groups excluding tert-OH is 2. The number of carbonyl (C=O) groups is 1. The Kier molecular flexibility index (Phi) is 4.01. The SMILES string of the molecule is CCC(CO)(CO)Nc1cc2c(cc1N)OCC(=O)N2. The summed E-state index contributed by atoms with van der Waals surface area (Å²) in [5.41, 5.74) is 6.53. The Morgan fingerprint density at radius 1 is 1.45 bits per heavy atom. The van der Waals surface area contributed by atoms with Crippen LogP contribution in [0.15, 0.2) is 12.1 Å². The summed E-state index contributed by atoms with van der Waals surface area (Å²) >= 11 is 0. The van der Waals surface area contributed by atoms with Gasteiger partial charge in [-0.3, -0.25) is 4.79 Å². The Hall–Kier alpha value is -1.99. The topological polar surface area (TPSA) is 117 Å². The van der Waals surface area contributed by atoms with Crippen LogP contribution in [0.4, 0.5) is 17.1 Å². The lowest BCUT2D eigenvalue weighted by atomic mass is 9.97. The molecule has 110 valence electrons. The number of fused-ring (bicyclic) bond motifs is 1. The maximum atomic E-state index is 11.3. The van der Waals surface area contributed by atoms with Gasteiger partial charge in [-0.2, -0.15) is 0 Å². The maximum absolute atomic E-state index is 11.3. The molecular weight excluding hydrogens is 262 g/mol. The van der Waals surface area contributed by atoms with Crippen LogP contribution in [0.25, 0.3) is 0 Å². The highest BCUT2D eigenvalue weighted by Gasteiger charge is 2.28. The maximum Gasteiger partial charge on any atom is 0.262 e. The van der Waals surface area contributed by atoms with E-state index < -0.39 is 5.54 Å². The number of aliphatic hydroxyl groups is 2. The van der Waals surface area contributed by atoms with Crippen molar-refractivity contribution in [2.24, 2.45) is 0 Å². The summed E-state index contributed by atoms with van der Waals surface area (Å²) in [6.45, 7) is 1.34. The molecule has 0 saturated heterocycles. The quantitative estimate of drug-likeness (QED) is 0.490. The van der Waals surface area contributed by atoms with E-state index in [4.69, 9.17) is 10.5 Å². The monoisotopic (exact) mass is 281 g/mol. The van der Waals surface area contributed by atoms with Gasteiger partial charge in [-0.05, 0) is 12.5 Å². The summed E-state index contributed by atoms with van der Waals surface area (Å²) in [6.07, 6.45) is 0.513. The molecule has 0 saturated carbocycles. The van der Waals surface area contributed by atoms with Gasteiger partial charge in [0.1, 0.15) is 5.75 Å². The third-order valence-corrected chi connectivity index (χ3v) is 3.47. The molecule has 0 fully saturated rings. The molecule has 0 unspecified atom stereocenters. The highest BCUT2D eigenvalue weighted by atomic mass is 16.5. The first-order chi connectivity index (χ1) is 9.53. The van der Waals surface area contributed by atoms with Gasteiger partial charge in [-0.1, -0.05) is 6.92 Å². The van der Waals surface area contributed by atoms with Crippen molar-refractivity contribution in [1.29, 1.82) is 0 Å². The van der Waals surface area contributed by atoms with Gasteiger partial charge in [0.2, 0.25) is 0 Å². The normalized spacial score (nSPS) is 14.2. The van der Waals surface area contributed by atoms with E-state index in [1.54, 1.807) is 12.1 Å². The minimum absolute atomic E-state index is 0.0363. The van der Waals surface area contributed by atoms with E-state index >= 15 is 0 Å². The lowest BCUT2D eigenvalue weighted by Crippen LogP contribution is -2.45. The van der Waals surface area contributed by atoms with E-state index in [0.717, 1.165) is 0 Å². The Labute approximate surface area is 116 Å². The standard InChI is InChI=1S/C13H19N3O4/c1-2-13(6-17,7-18)16-9-4-10-11(3-8(9)14)20-5-12(19)15-10/h3-4,16-18H,2,5-7,14H2,1H3,(H,15,19). The first-order valence-corrected chi connectivity index (χ1v) is 6.39. The fraction of sp³-hybridized carbons (Fsp3) is 0.462. The molecule has 1 aliphatic heterocycles. The van der Waals surface area contributed by atoms with Crippen molar-refractivity contribution in [2.75, 3.05) is 36.2 Å². The lowest BCUT2D eigenvalue weighted by molar-refractivity contribution is -0.118. The average Bonchev–Trinajstić information content (AvgIpc) is 2.46. The molecular formula is C13H19N3O4. The number of benzene rings is 1. The molecule has 1 amide bonds. The summed E-state index contributed by atoms with van der Waals surface area (Å²) in [5, 5.41) is 24.6. The summed E-state index contributed by atoms with van der Waals surface area (Å²) in [5.74, 6) is 0.266. The number of ether oxygens (including phenoxy) is 1. The van der Waals surface area contributed by atoms with Crippen LogP contribution in [0.3, 0.4) is 0 Å². The zero-order valence-electron chi connectivity index (χ0n) is 11.3. The Balaban J connectivity index is 2.33. The van der Waals surface area contributed by atoms with Crippen molar-refractivity contribution in [1.82, 2.24) is 0 Å². The summed E-state index contributed by atoms with van der Waals surface area (Å²) in [4.78, 5) is 11.3. The molecule has 7 nitrogen and oxygen atoms in total. The van der Waals surface area contributed by atoms with Crippen LogP contribution in [-0.4, -0.2) is 41.5 Å². The smallest absolute Gasteiger partial charge is 0.262 e. The Morgan fingerprint density at radius 2 is 2.15 bits per heavy atom. The van der Waals surface area contributed by atoms with Gasteiger partial charge in [0.15, 0.2) is 6.61 Å². The molecule has 0 atom stereocenters. The fourth-order valence-electron chi connectivity index (χ4n) is 1.98. The predicted molar refractivity (Wildman–Crippen MR) is 75.8 cm³/mol. The lowest BCUT2D eigenvalue weighted by Gasteiger charge is -2.32. The van der Waals surface area contributed by atoms with Gasteiger partial charge in [-0.25, -0.2) is 0 Å². The molecule has 1 aliphatic rings. The second kappa shape index (κ2) is 5.56. The molecule has 1 aromatic rings. The van der Waals surface area contributed by atoms with Crippen LogP contribution in [0.5, 0.6) is 5.75 Å². The largest absolute Gasteiger partial charge is 0.482 e. The average molecular weight is 281 g/mol. The van der Waals surface area contributed by atoms with Crippen molar-refractivity contribution < 1.29 is 19.7 Å². The van der Waals surface area contributed by atoms with E-state index in [9.17, 15) is 15.0 Å². The van der Waals surface area contributed by atoms with Crippen LogP contribution < -0.4 is 21.1 Å². The van der Waals surface area contributed by atoms with Crippen LogP contribution in [0, 0.1) is 0 Å². The highest BCUT2D eigenvalue weighted by Crippen LogP contribution is 2.36. The second-order valence-corrected chi connectivity index (χ2v) is 4.85. The summed E-state index contributed by atoms with van der Waals surface area (Å²) in [6, 6.07) is 3.24. The molecule has 6 N–H and O–H groups in total. The summed E-state index contributed by atoms with van der Waals surface area (Å²) < 4.78 is 5.26. The second-order valence-electron chi connectivity index (χ2n) is 4.85. The molecule has 1 heterocycles. The predicted octanol–water partition coefficient (Wildman–Crippen LogP) is 0.145. The van der Waals surface area contributed by atoms with Crippen molar-refractivity contribution >= 4 is 23.0 Å². The number of anilines is 3. The molecule has 0 radical (unpaired) electrons. The number of amides is 1. The molecule has 20 heavy (non-hydrogen) atoms. The first kappa shape index (κ1) is 14.4. The number of nitrogen functional groups attached to an aromatic ring is 1. The van der Waals surface area contributed by atoms with Crippen LogP contribution in [0.1, 0.15) is 13.3 Å². The number of hydrogen-bond donors (Lipinski definition) is 5. The Morgan fingerprint density at radius 3 is 2.75 bits per heavy atom. The number of rotatable bonds is 5. The number of nitrogens with two attached hydrogens (primary N) is 1. The number of hydrogen-bond acceptors (Lipinski definition) is 6. The molecule has 0 spiro atoms. The van der Waals surface area contributed by atoms with Gasteiger partial charge < -0.3 is 31.3 Å². The van der Waals surface area contributed by atoms with Crippen molar-refractivity contribution in [2.45, 2.75) is 18.9 Å². The Bertz CT molecular complexity index is 506. The van der Waals surface area contributed by atoms with Crippen LogP contribution in [0.2, 0.25) is 0 Å². The highest BCUT2D eigenvalue weighted by molar-refractivity contribution is 5.97. The molecule has 2 rings (SSSR count). The van der Waals surface area contributed by atoms with Crippen molar-refractivity contribution in [3.8, 4) is 5.75 Å². The fourth-order valence-corrected chi connectivity index (χ4v) is 1.98. The number of nitrogens with one attached hydrogen (secondary N) is 2. The van der Waals surface area contributed by atoms with E-state index in [1.165, 1.54) is 0 Å². The van der Waals surface area contributed by atoms with E-state index in [2.05, 4.69) is 10.6 Å². The van der Waals surface area contributed by atoms with Gasteiger partial charge in [0.05, 0.1) is 35.8 Å². The van der Waals surface area contributed by atoms with Crippen molar-refractivity contribution in [3.05, 3.63) is 12.1 Å². The molecule has 0 aromatic heterocycles. The van der Waals surface area contributed by atoms with Crippen LogP contribution in [-0.2, 0) is 4.79 Å². The first-order valence-electron chi connectivity index (χ1n) is 6.39. The molecule has 0 aliphatic carbocycles. The molecule has 1 aromatic carbocycles. The minimum Gasteiger partial charge on any atom is -0.482 e. The zero-order chi connectivity index (χ0) is 14.8. The van der Waals surface area contributed by atoms with Crippen molar-refractivity contribution in [3.63, 3.8) is 0 Å². The number of carbonyl (C=O) groups excluding carboxylic acids is 1. The van der Waals surface area contributed by atoms with E-state index in [1.807, 2.05) is 6.92 Å². The van der Waals surface area contributed by atoms with Gasteiger partial charge in [-0.15, -0.1) is 0 Å². The third-order valence-electron chi connectivity index (χ3n) is 3.47.